The van der Waals surface area contributed by atoms with Gasteiger partial charge in [0.05, 0.1) is 0 Å². The van der Waals surface area contributed by atoms with Crippen molar-refractivity contribution in [3.05, 3.63) is 35.4 Å². The van der Waals surface area contributed by atoms with Crippen LogP contribution in [-0.2, 0) is 6.42 Å². The molecule has 0 saturated carbocycles. The van der Waals surface area contributed by atoms with E-state index >= 15 is 0 Å². The Kier molecular flexibility index (Phi) is 5.04. The molecule has 1 amide bonds. The quantitative estimate of drug-likeness (QED) is 0.922. The Labute approximate surface area is 128 Å². The predicted molar refractivity (Wildman–Crippen MR) is 87.6 cm³/mol. The van der Waals surface area contributed by atoms with Crippen molar-refractivity contribution in [2.24, 2.45) is 0 Å². The number of amides is 1. The summed E-state index contributed by atoms with van der Waals surface area (Å²) in [7, 11) is 0. The standard InChI is InChI=1S/C18H28N2O/c1-5-15-8-6-7-9-16(15)17(21)19-18(4)10-12-20(13-11-18)14(2)3/h6-9,14H,5,10-13H2,1-4H3,(H,19,21). The Morgan fingerprint density at radius 1 is 1.29 bits per heavy atom. The molecule has 1 heterocycles. The minimum absolute atomic E-state index is 0.0768. The van der Waals surface area contributed by atoms with Crippen LogP contribution >= 0.6 is 0 Å². The number of nitrogens with one attached hydrogen (secondary N) is 1. The number of hydrogen-bond acceptors (Lipinski definition) is 2. The largest absolute Gasteiger partial charge is 0.347 e. The fourth-order valence-electron chi connectivity index (χ4n) is 3.05. The van der Waals surface area contributed by atoms with Crippen LogP contribution in [0.15, 0.2) is 24.3 Å². The highest BCUT2D eigenvalue weighted by molar-refractivity contribution is 5.96. The molecule has 21 heavy (non-hydrogen) atoms. The molecule has 116 valence electrons. The average molecular weight is 288 g/mol. The van der Waals surface area contributed by atoms with Crippen LogP contribution in [0, 0.1) is 0 Å². The second-order valence-electron chi connectivity index (χ2n) is 6.66. The zero-order valence-corrected chi connectivity index (χ0v) is 13.8. The second-order valence-corrected chi connectivity index (χ2v) is 6.66. The van der Waals surface area contributed by atoms with E-state index < -0.39 is 0 Å². The molecule has 1 N–H and O–H groups in total. The first-order chi connectivity index (χ1) is 9.95. The maximum Gasteiger partial charge on any atom is 0.251 e. The van der Waals surface area contributed by atoms with Crippen LogP contribution in [0.5, 0.6) is 0 Å². The molecule has 3 nitrogen and oxygen atoms in total. The van der Waals surface area contributed by atoms with E-state index in [0.29, 0.717) is 6.04 Å². The Hall–Kier alpha value is -1.35. The third-order valence-electron chi connectivity index (χ3n) is 4.69. The highest BCUT2D eigenvalue weighted by atomic mass is 16.1. The zero-order chi connectivity index (χ0) is 15.5. The molecule has 0 bridgehead atoms. The Morgan fingerprint density at radius 3 is 2.48 bits per heavy atom. The molecule has 1 aromatic carbocycles. The SMILES string of the molecule is CCc1ccccc1C(=O)NC1(C)CCN(C(C)C)CC1. The second kappa shape index (κ2) is 6.61. The Balaban J connectivity index is 2.03. The van der Waals surface area contributed by atoms with Crippen molar-refractivity contribution >= 4 is 5.91 Å². The zero-order valence-electron chi connectivity index (χ0n) is 13.8. The smallest absolute Gasteiger partial charge is 0.251 e. The minimum atomic E-state index is -0.0800. The summed E-state index contributed by atoms with van der Waals surface area (Å²) in [4.78, 5) is 15.1. The van der Waals surface area contributed by atoms with Gasteiger partial charge in [0.2, 0.25) is 0 Å². The van der Waals surface area contributed by atoms with Gasteiger partial charge < -0.3 is 10.2 Å². The summed E-state index contributed by atoms with van der Waals surface area (Å²) in [5, 5.41) is 3.28. The van der Waals surface area contributed by atoms with Gasteiger partial charge in [-0.05, 0) is 51.7 Å². The van der Waals surface area contributed by atoms with Crippen molar-refractivity contribution < 1.29 is 4.79 Å². The van der Waals surface area contributed by atoms with Gasteiger partial charge >= 0.3 is 0 Å². The molecule has 0 radical (unpaired) electrons. The number of rotatable bonds is 4. The summed E-state index contributed by atoms with van der Waals surface area (Å²) >= 11 is 0. The first-order valence-electron chi connectivity index (χ1n) is 8.09. The fourth-order valence-corrected chi connectivity index (χ4v) is 3.05. The lowest BCUT2D eigenvalue weighted by molar-refractivity contribution is 0.0801. The highest BCUT2D eigenvalue weighted by Crippen LogP contribution is 2.24. The Bertz CT molecular complexity index is 488. The van der Waals surface area contributed by atoms with Crippen LogP contribution < -0.4 is 5.32 Å². The lowest BCUT2D eigenvalue weighted by Crippen LogP contribution is -2.54. The molecular weight excluding hydrogens is 260 g/mol. The number of carbonyl (C=O) groups excluding carboxylic acids is 1. The topological polar surface area (TPSA) is 32.3 Å². The number of aryl methyl sites for hydroxylation is 1. The van der Waals surface area contributed by atoms with Crippen LogP contribution in [0.3, 0.4) is 0 Å². The van der Waals surface area contributed by atoms with Gasteiger partial charge in [-0.15, -0.1) is 0 Å². The van der Waals surface area contributed by atoms with Crippen LogP contribution in [0.1, 0.15) is 56.5 Å². The molecule has 0 unspecified atom stereocenters. The first kappa shape index (κ1) is 16.0. The summed E-state index contributed by atoms with van der Waals surface area (Å²) in [6, 6.07) is 8.50. The molecule has 1 saturated heterocycles. The lowest BCUT2D eigenvalue weighted by atomic mass is 9.88. The van der Waals surface area contributed by atoms with Gasteiger partial charge in [0, 0.05) is 30.2 Å². The van der Waals surface area contributed by atoms with Gasteiger partial charge in [-0.1, -0.05) is 25.1 Å². The average Bonchev–Trinajstić information content (AvgIpc) is 2.47. The molecule has 1 aliphatic rings. The predicted octanol–water partition coefficient (Wildman–Crippen LogP) is 3.24. The van der Waals surface area contributed by atoms with Crippen molar-refractivity contribution in [2.75, 3.05) is 13.1 Å². The van der Waals surface area contributed by atoms with Crippen molar-refractivity contribution in [3.63, 3.8) is 0 Å². The van der Waals surface area contributed by atoms with Crippen LogP contribution in [0.4, 0.5) is 0 Å². The normalized spacial score (nSPS) is 18.7. The van der Waals surface area contributed by atoms with Gasteiger partial charge in [0.25, 0.3) is 5.91 Å². The maximum atomic E-state index is 12.6. The van der Waals surface area contributed by atoms with E-state index in [2.05, 4.69) is 37.9 Å². The van der Waals surface area contributed by atoms with Crippen LogP contribution in [-0.4, -0.2) is 35.5 Å². The summed E-state index contributed by atoms with van der Waals surface area (Å²) < 4.78 is 0. The van der Waals surface area contributed by atoms with E-state index in [1.54, 1.807) is 0 Å². The molecular formula is C18H28N2O. The molecule has 0 atom stereocenters. The van der Waals surface area contributed by atoms with E-state index in [4.69, 9.17) is 0 Å². The van der Waals surface area contributed by atoms with Gasteiger partial charge in [-0.25, -0.2) is 0 Å². The number of nitrogens with zero attached hydrogens (tertiary/aromatic N) is 1. The van der Waals surface area contributed by atoms with Crippen molar-refractivity contribution in [3.8, 4) is 0 Å². The maximum absolute atomic E-state index is 12.6. The molecule has 0 aromatic heterocycles. The van der Waals surface area contributed by atoms with Crippen LogP contribution in [0.25, 0.3) is 0 Å². The van der Waals surface area contributed by atoms with Crippen molar-refractivity contribution in [1.29, 1.82) is 0 Å². The van der Waals surface area contributed by atoms with E-state index in [9.17, 15) is 4.79 Å². The van der Waals surface area contributed by atoms with E-state index in [1.165, 1.54) is 0 Å². The Morgan fingerprint density at radius 2 is 1.90 bits per heavy atom. The molecule has 0 spiro atoms. The molecule has 3 heteroatoms. The summed E-state index contributed by atoms with van der Waals surface area (Å²) in [5.41, 5.74) is 1.87. The van der Waals surface area contributed by atoms with E-state index in [0.717, 1.165) is 43.5 Å². The van der Waals surface area contributed by atoms with Crippen LogP contribution in [0.2, 0.25) is 0 Å². The van der Waals surface area contributed by atoms with Gasteiger partial charge in [-0.3, -0.25) is 4.79 Å². The third-order valence-corrected chi connectivity index (χ3v) is 4.69. The molecule has 0 aliphatic carbocycles. The third kappa shape index (κ3) is 3.85. The number of hydrogen-bond donors (Lipinski definition) is 1. The summed E-state index contributed by atoms with van der Waals surface area (Å²) in [5.74, 6) is 0.0768. The number of piperidine rings is 1. The van der Waals surface area contributed by atoms with Crippen molar-refractivity contribution in [2.45, 2.75) is 58.5 Å². The van der Waals surface area contributed by atoms with E-state index in [1.807, 2.05) is 24.3 Å². The number of likely N-dealkylation sites (tertiary alicyclic amines) is 1. The summed E-state index contributed by atoms with van der Waals surface area (Å²) in [6.45, 7) is 10.9. The number of benzene rings is 1. The minimum Gasteiger partial charge on any atom is -0.347 e. The lowest BCUT2D eigenvalue weighted by Gasteiger charge is -2.41. The molecule has 1 aliphatic heterocycles. The van der Waals surface area contributed by atoms with Gasteiger partial charge in [0.1, 0.15) is 0 Å². The van der Waals surface area contributed by atoms with Crippen molar-refractivity contribution in [1.82, 2.24) is 10.2 Å². The van der Waals surface area contributed by atoms with Gasteiger partial charge in [-0.2, -0.15) is 0 Å². The molecule has 1 aromatic rings. The fraction of sp³-hybridized carbons (Fsp3) is 0.611. The number of carbonyl (C=O) groups is 1. The van der Waals surface area contributed by atoms with E-state index in [-0.39, 0.29) is 11.4 Å². The monoisotopic (exact) mass is 288 g/mol. The highest BCUT2D eigenvalue weighted by Gasteiger charge is 2.32. The first-order valence-corrected chi connectivity index (χ1v) is 8.09. The molecule has 1 fully saturated rings. The molecule has 2 rings (SSSR count). The van der Waals surface area contributed by atoms with Gasteiger partial charge in [0.15, 0.2) is 0 Å². The summed E-state index contributed by atoms with van der Waals surface area (Å²) in [6.07, 6.45) is 2.93.